The molecule has 1 aromatic heterocycles. The molecule has 5 rings (SSSR count). The summed E-state index contributed by atoms with van der Waals surface area (Å²) in [6.45, 7) is 4.22. The van der Waals surface area contributed by atoms with Gasteiger partial charge in [-0.3, -0.25) is 0 Å². The van der Waals surface area contributed by atoms with Crippen molar-refractivity contribution in [3.8, 4) is 22.6 Å². The van der Waals surface area contributed by atoms with Gasteiger partial charge in [0, 0.05) is 18.2 Å². The largest absolute Gasteiger partial charge is 0.364 e. The molecular weight excluding hydrogens is 368 g/mol. The standard InChI is InChI=1S/C26H24N4/c1-17-23(19-9-5-3-6-10-19)29-25(27-17)21-13-15-22(16-14-21)26-28-18(2)24(30-26)20-11-7-4-8-12-20/h3-16,25,27,29H,1-2H3,(H,28,30)/p+1. The molecule has 1 unspecified atom stereocenters. The van der Waals surface area contributed by atoms with Crippen molar-refractivity contribution in [2.75, 3.05) is 0 Å². The van der Waals surface area contributed by atoms with E-state index in [9.17, 15) is 0 Å². The van der Waals surface area contributed by atoms with Gasteiger partial charge in [-0.1, -0.05) is 72.8 Å². The summed E-state index contributed by atoms with van der Waals surface area (Å²) in [5.41, 5.74) is 9.30. The predicted molar refractivity (Wildman–Crippen MR) is 121 cm³/mol. The minimum atomic E-state index is 0.0727. The summed E-state index contributed by atoms with van der Waals surface area (Å²) < 4.78 is 0. The Morgan fingerprint density at radius 2 is 1.30 bits per heavy atom. The second-order valence-electron chi connectivity index (χ2n) is 7.70. The predicted octanol–water partition coefficient (Wildman–Crippen LogP) is 5.05. The fourth-order valence-electron chi connectivity index (χ4n) is 4.03. The Bertz CT molecular complexity index is 1190. The van der Waals surface area contributed by atoms with Gasteiger partial charge < -0.3 is 10.6 Å². The number of aromatic amines is 2. The van der Waals surface area contributed by atoms with Gasteiger partial charge in [-0.2, -0.15) is 0 Å². The number of aryl methyl sites for hydroxylation is 1. The van der Waals surface area contributed by atoms with Gasteiger partial charge in [-0.25, -0.2) is 9.97 Å². The third kappa shape index (κ3) is 3.37. The van der Waals surface area contributed by atoms with Crippen LogP contribution >= 0.6 is 0 Å². The Kier molecular flexibility index (Phi) is 4.60. The molecule has 4 nitrogen and oxygen atoms in total. The van der Waals surface area contributed by atoms with Crippen molar-refractivity contribution in [3.05, 3.63) is 107 Å². The van der Waals surface area contributed by atoms with E-state index < -0.39 is 0 Å². The van der Waals surface area contributed by atoms with Crippen LogP contribution in [0.5, 0.6) is 0 Å². The zero-order valence-corrected chi connectivity index (χ0v) is 17.2. The van der Waals surface area contributed by atoms with Gasteiger partial charge >= 0.3 is 0 Å². The van der Waals surface area contributed by atoms with Crippen molar-refractivity contribution in [2.45, 2.75) is 20.0 Å². The van der Waals surface area contributed by atoms with Crippen LogP contribution in [0.4, 0.5) is 0 Å². The second kappa shape index (κ2) is 7.56. The summed E-state index contributed by atoms with van der Waals surface area (Å²) in [5.74, 6) is 1.02. The van der Waals surface area contributed by atoms with Crippen LogP contribution in [0.15, 0.2) is 90.6 Å². The molecule has 0 spiro atoms. The fourth-order valence-corrected chi connectivity index (χ4v) is 4.03. The first kappa shape index (κ1) is 18.3. The number of benzene rings is 3. The monoisotopic (exact) mass is 393 g/mol. The molecule has 1 atom stereocenters. The highest BCUT2D eigenvalue weighted by Crippen LogP contribution is 2.28. The van der Waals surface area contributed by atoms with Crippen molar-refractivity contribution in [1.29, 1.82) is 0 Å². The highest BCUT2D eigenvalue weighted by molar-refractivity contribution is 5.69. The van der Waals surface area contributed by atoms with Crippen molar-refractivity contribution < 1.29 is 4.98 Å². The lowest BCUT2D eigenvalue weighted by Crippen LogP contribution is -2.23. The maximum absolute atomic E-state index is 3.62. The zero-order valence-electron chi connectivity index (χ0n) is 17.2. The lowest BCUT2D eigenvalue weighted by atomic mass is 10.1. The summed E-state index contributed by atoms with van der Waals surface area (Å²) in [6.07, 6.45) is 0.0727. The molecule has 30 heavy (non-hydrogen) atoms. The van der Waals surface area contributed by atoms with E-state index in [4.69, 9.17) is 0 Å². The quantitative estimate of drug-likeness (QED) is 0.454. The average molecular weight is 394 g/mol. The molecule has 4 heteroatoms. The highest BCUT2D eigenvalue weighted by atomic mass is 15.2. The molecule has 1 aliphatic heterocycles. The van der Waals surface area contributed by atoms with E-state index in [-0.39, 0.29) is 6.17 Å². The molecule has 3 aromatic carbocycles. The first-order valence-electron chi connectivity index (χ1n) is 10.3. The van der Waals surface area contributed by atoms with E-state index in [1.807, 2.05) is 12.1 Å². The fraction of sp³-hybridized carbons (Fsp3) is 0.115. The van der Waals surface area contributed by atoms with Crippen LogP contribution in [-0.2, 0) is 0 Å². The van der Waals surface area contributed by atoms with E-state index >= 15 is 0 Å². The number of hydrogen-bond acceptors (Lipinski definition) is 2. The molecule has 0 fully saturated rings. The molecular formula is C26H25N4+. The van der Waals surface area contributed by atoms with Crippen molar-refractivity contribution in [1.82, 2.24) is 15.6 Å². The maximum Gasteiger partial charge on any atom is 0.285 e. The van der Waals surface area contributed by atoms with Gasteiger partial charge in [0.05, 0.1) is 11.3 Å². The Labute approximate surface area is 176 Å². The average Bonchev–Trinajstić information content (AvgIpc) is 3.38. The first-order chi connectivity index (χ1) is 14.7. The molecule has 4 N–H and O–H groups in total. The molecule has 0 aliphatic carbocycles. The van der Waals surface area contributed by atoms with E-state index in [0.29, 0.717) is 0 Å². The van der Waals surface area contributed by atoms with Crippen molar-refractivity contribution >= 4 is 5.70 Å². The Morgan fingerprint density at radius 3 is 1.97 bits per heavy atom. The van der Waals surface area contributed by atoms with Gasteiger partial charge in [0.2, 0.25) is 0 Å². The SMILES string of the molecule is CC1=C(c2ccccc2)NC(c2ccc(-c3[nH]c(C)c(-c4ccccc4)[nH+]3)cc2)N1. The highest BCUT2D eigenvalue weighted by Gasteiger charge is 2.23. The van der Waals surface area contributed by atoms with Gasteiger partial charge in [-0.05, 0) is 30.2 Å². The smallest absolute Gasteiger partial charge is 0.285 e. The van der Waals surface area contributed by atoms with Gasteiger partial charge in [-0.15, -0.1) is 0 Å². The second-order valence-corrected chi connectivity index (χ2v) is 7.70. The number of hydrogen-bond donors (Lipinski definition) is 3. The van der Waals surface area contributed by atoms with E-state index in [1.54, 1.807) is 0 Å². The van der Waals surface area contributed by atoms with Crippen LogP contribution in [0, 0.1) is 6.92 Å². The van der Waals surface area contributed by atoms with Crippen LogP contribution < -0.4 is 15.6 Å². The number of aromatic nitrogens is 2. The van der Waals surface area contributed by atoms with Crippen molar-refractivity contribution in [2.24, 2.45) is 0 Å². The molecule has 2 heterocycles. The summed E-state index contributed by atoms with van der Waals surface area (Å²) in [4.78, 5) is 7.03. The Morgan fingerprint density at radius 1 is 0.667 bits per heavy atom. The minimum Gasteiger partial charge on any atom is -0.364 e. The summed E-state index contributed by atoms with van der Waals surface area (Å²) in [6, 6.07) is 29.5. The molecule has 1 aliphatic rings. The summed E-state index contributed by atoms with van der Waals surface area (Å²) in [5, 5.41) is 7.19. The lowest BCUT2D eigenvalue weighted by molar-refractivity contribution is -0.349. The van der Waals surface area contributed by atoms with Crippen LogP contribution in [-0.4, -0.2) is 4.98 Å². The van der Waals surface area contributed by atoms with E-state index in [0.717, 1.165) is 34.2 Å². The third-order valence-corrected chi connectivity index (χ3v) is 5.62. The lowest BCUT2D eigenvalue weighted by Gasteiger charge is -2.15. The van der Waals surface area contributed by atoms with Crippen LogP contribution in [0.1, 0.15) is 29.9 Å². The molecule has 0 radical (unpaired) electrons. The molecule has 0 saturated carbocycles. The number of H-pyrrole nitrogens is 2. The summed E-state index contributed by atoms with van der Waals surface area (Å²) in [7, 11) is 0. The van der Waals surface area contributed by atoms with E-state index in [2.05, 4.69) is 107 Å². The molecule has 0 bridgehead atoms. The van der Waals surface area contributed by atoms with Crippen molar-refractivity contribution in [3.63, 3.8) is 0 Å². The molecule has 148 valence electrons. The van der Waals surface area contributed by atoms with Crippen LogP contribution in [0.2, 0.25) is 0 Å². The normalized spacial score (nSPS) is 15.7. The van der Waals surface area contributed by atoms with E-state index in [1.165, 1.54) is 16.7 Å². The van der Waals surface area contributed by atoms with Gasteiger partial charge in [0.1, 0.15) is 11.9 Å². The molecule has 0 saturated heterocycles. The number of imidazole rings is 1. The number of nitrogens with one attached hydrogen (secondary N) is 4. The van der Waals surface area contributed by atoms with Gasteiger partial charge in [0.15, 0.2) is 5.69 Å². The van der Waals surface area contributed by atoms with Gasteiger partial charge in [0.25, 0.3) is 5.82 Å². The van der Waals surface area contributed by atoms with Crippen LogP contribution in [0.3, 0.4) is 0 Å². The Balaban J connectivity index is 1.36. The minimum absolute atomic E-state index is 0.0727. The zero-order chi connectivity index (χ0) is 20.5. The number of rotatable bonds is 4. The molecule has 0 amide bonds. The first-order valence-corrected chi connectivity index (χ1v) is 10.3. The molecule has 4 aromatic rings. The summed E-state index contributed by atoms with van der Waals surface area (Å²) >= 11 is 0. The Hall–Kier alpha value is -3.79. The maximum atomic E-state index is 3.62. The van der Waals surface area contributed by atoms with Crippen LogP contribution in [0.25, 0.3) is 28.3 Å². The topological polar surface area (TPSA) is 54.0 Å². The number of allylic oxidation sites excluding steroid dienone is 1. The third-order valence-electron chi connectivity index (χ3n) is 5.62.